The maximum absolute atomic E-state index is 12.3. The fourth-order valence-corrected chi connectivity index (χ4v) is 5.01. The Morgan fingerprint density at radius 2 is 1.90 bits per heavy atom. The predicted octanol–water partition coefficient (Wildman–Crippen LogP) is 2.26. The van der Waals surface area contributed by atoms with Crippen molar-refractivity contribution in [3.8, 4) is 0 Å². The number of rotatable bonds is 5. The highest BCUT2D eigenvalue weighted by molar-refractivity contribution is 7.89. The van der Waals surface area contributed by atoms with Crippen molar-refractivity contribution in [2.24, 2.45) is 11.8 Å². The standard InChI is InChI=1S/C15H30N2O2S/c1-12-6-5-8-15(13(12)2)17-20(18,19)11-9-14-7-3-4-10-16-14/h12-17H,3-11H2,1-2H3. The molecule has 0 bridgehead atoms. The monoisotopic (exact) mass is 302 g/mol. The van der Waals surface area contributed by atoms with Crippen molar-refractivity contribution in [1.82, 2.24) is 10.0 Å². The van der Waals surface area contributed by atoms with E-state index < -0.39 is 10.0 Å². The lowest BCUT2D eigenvalue weighted by Gasteiger charge is -2.34. The normalized spacial score (nSPS) is 35.9. The van der Waals surface area contributed by atoms with Crippen molar-refractivity contribution in [1.29, 1.82) is 0 Å². The summed E-state index contributed by atoms with van der Waals surface area (Å²) in [5, 5.41) is 3.42. The molecular weight excluding hydrogens is 272 g/mol. The molecule has 0 aromatic heterocycles. The Hall–Kier alpha value is -0.130. The first-order valence-corrected chi connectivity index (χ1v) is 9.86. The number of sulfonamides is 1. The molecule has 118 valence electrons. The van der Waals surface area contributed by atoms with Crippen molar-refractivity contribution >= 4 is 10.0 Å². The van der Waals surface area contributed by atoms with E-state index in [0.717, 1.165) is 32.2 Å². The molecule has 1 aliphatic carbocycles. The van der Waals surface area contributed by atoms with Gasteiger partial charge in [-0.3, -0.25) is 0 Å². The van der Waals surface area contributed by atoms with Crippen LogP contribution < -0.4 is 10.0 Å². The van der Waals surface area contributed by atoms with Crippen molar-refractivity contribution in [2.75, 3.05) is 12.3 Å². The van der Waals surface area contributed by atoms with Gasteiger partial charge in [-0.2, -0.15) is 0 Å². The molecule has 4 atom stereocenters. The molecule has 4 unspecified atom stereocenters. The highest BCUT2D eigenvalue weighted by Crippen LogP contribution is 2.29. The van der Waals surface area contributed by atoms with Crippen LogP contribution in [0, 0.1) is 11.8 Å². The molecule has 5 heteroatoms. The first kappa shape index (κ1) is 16.2. The van der Waals surface area contributed by atoms with Crippen LogP contribution >= 0.6 is 0 Å². The Balaban J connectivity index is 1.80. The molecule has 4 nitrogen and oxygen atoms in total. The zero-order valence-corrected chi connectivity index (χ0v) is 13.7. The molecule has 0 aromatic rings. The van der Waals surface area contributed by atoms with Gasteiger partial charge in [0.15, 0.2) is 0 Å². The van der Waals surface area contributed by atoms with E-state index in [9.17, 15) is 8.42 Å². The van der Waals surface area contributed by atoms with E-state index in [0.29, 0.717) is 17.9 Å². The van der Waals surface area contributed by atoms with Crippen LogP contribution in [0.2, 0.25) is 0 Å². The summed E-state index contributed by atoms with van der Waals surface area (Å²) in [6, 6.07) is 0.533. The van der Waals surface area contributed by atoms with Crippen molar-refractivity contribution in [3.05, 3.63) is 0 Å². The molecule has 2 fully saturated rings. The number of hydrogen-bond acceptors (Lipinski definition) is 3. The molecule has 2 rings (SSSR count). The van der Waals surface area contributed by atoms with E-state index >= 15 is 0 Å². The zero-order chi connectivity index (χ0) is 14.6. The SMILES string of the molecule is CC1CCCC(NS(=O)(=O)CCC2CCCCN2)C1C. The van der Waals surface area contributed by atoms with Crippen LogP contribution in [0.5, 0.6) is 0 Å². The average Bonchev–Trinajstić information content (AvgIpc) is 2.43. The van der Waals surface area contributed by atoms with Crippen LogP contribution in [0.25, 0.3) is 0 Å². The van der Waals surface area contributed by atoms with E-state index in [4.69, 9.17) is 0 Å². The summed E-state index contributed by atoms with van der Waals surface area (Å²) >= 11 is 0. The first-order chi connectivity index (χ1) is 9.48. The Morgan fingerprint density at radius 3 is 2.60 bits per heavy atom. The molecule has 1 saturated carbocycles. The van der Waals surface area contributed by atoms with Crippen LogP contribution in [0.1, 0.15) is 58.8 Å². The van der Waals surface area contributed by atoms with Gasteiger partial charge in [-0.25, -0.2) is 13.1 Å². The van der Waals surface area contributed by atoms with Gasteiger partial charge in [0.2, 0.25) is 10.0 Å². The Bertz CT molecular complexity index is 391. The van der Waals surface area contributed by atoms with Crippen LogP contribution in [-0.2, 0) is 10.0 Å². The van der Waals surface area contributed by atoms with Gasteiger partial charge >= 0.3 is 0 Å². The van der Waals surface area contributed by atoms with Gasteiger partial charge in [-0.15, -0.1) is 0 Å². The average molecular weight is 302 g/mol. The van der Waals surface area contributed by atoms with Gasteiger partial charge in [0.05, 0.1) is 5.75 Å². The number of piperidine rings is 1. The molecule has 0 radical (unpaired) electrons. The highest BCUT2D eigenvalue weighted by Gasteiger charge is 2.30. The number of hydrogen-bond donors (Lipinski definition) is 2. The predicted molar refractivity (Wildman–Crippen MR) is 83.1 cm³/mol. The van der Waals surface area contributed by atoms with E-state index in [2.05, 4.69) is 23.9 Å². The minimum Gasteiger partial charge on any atom is -0.314 e. The maximum atomic E-state index is 12.3. The van der Waals surface area contributed by atoms with Crippen LogP contribution in [0.3, 0.4) is 0 Å². The maximum Gasteiger partial charge on any atom is 0.211 e. The summed E-state index contributed by atoms with van der Waals surface area (Å²) in [7, 11) is -3.13. The van der Waals surface area contributed by atoms with Crippen molar-refractivity contribution < 1.29 is 8.42 Å². The van der Waals surface area contributed by atoms with Crippen LogP contribution in [-0.4, -0.2) is 32.8 Å². The van der Waals surface area contributed by atoms with Gasteiger partial charge in [-0.05, 0) is 44.1 Å². The Kier molecular flexibility index (Phi) is 5.87. The van der Waals surface area contributed by atoms with E-state index in [1.165, 1.54) is 19.3 Å². The summed E-state index contributed by atoms with van der Waals surface area (Å²) in [5.41, 5.74) is 0. The zero-order valence-electron chi connectivity index (χ0n) is 12.9. The lowest BCUT2D eigenvalue weighted by atomic mass is 9.78. The Morgan fingerprint density at radius 1 is 1.10 bits per heavy atom. The molecule has 0 aromatic carbocycles. The Labute approximate surface area is 124 Å². The minimum atomic E-state index is -3.13. The summed E-state index contributed by atoms with van der Waals surface area (Å²) in [4.78, 5) is 0. The van der Waals surface area contributed by atoms with Crippen LogP contribution in [0.4, 0.5) is 0 Å². The minimum absolute atomic E-state index is 0.142. The molecular formula is C15H30N2O2S. The third-order valence-electron chi connectivity index (χ3n) is 5.19. The summed E-state index contributed by atoms with van der Waals surface area (Å²) in [5.74, 6) is 1.34. The molecule has 1 saturated heterocycles. The fourth-order valence-electron chi connectivity index (χ4n) is 3.51. The van der Waals surface area contributed by atoms with E-state index in [1.807, 2.05) is 0 Å². The van der Waals surface area contributed by atoms with E-state index in [-0.39, 0.29) is 11.8 Å². The van der Waals surface area contributed by atoms with Gasteiger partial charge < -0.3 is 5.32 Å². The van der Waals surface area contributed by atoms with Gasteiger partial charge in [0, 0.05) is 12.1 Å². The second-order valence-electron chi connectivity index (χ2n) is 6.75. The molecule has 0 amide bonds. The summed E-state index contributed by atoms with van der Waals surface area (Å²) in [6.07, 6.45) is 7.67. The lowest BCUT2D eigenvalue weighted by Crippen LogP contribution is -2.45. The lowest BCUT2D eigenvalue weighted by molar-refractivity contribution is 0.227. The quantitative estimate of drug-likeness (QED) is 0.819. The topological polar surface area (TPSA) is 58.2 Å². The van der Waals surface area contributed by atoms with Gasteiger partial charge in [0.1, 0.15) is 0 Å². The number of nitrogens with one attached hydrogen (secondary N) is 2. The van der Waals surface area contributed by atoms with Crippen molar-refractivity contribution in [2.45, 2.75) is 70.9 Å². The summed E-state index contributed by atoms with van der Waals surface area (Å²) in [6.45, 7) is 5.45. The largest absolute Gasteiger partial charge is 0.314 e. The second kappa shape index (κ2) is 7.23. The fraction of sp³-hybridized carbons (Fsp3) is 1.00. The van der Waals surface area contributed by atoms with E-state index in [1.54, 1.807) is 0 Å². The first-order valence-electron chi connectivity index (χ1n) is 8.21. The van der Waals surface area contributed by atoms with Gasteiger partial charge in [0.25, 0.3) is 0 Å². The second-order valence-corrected chi connectivity index (χ2v) is 8.62. The molecule has 20 heavy (non-hydrogen) atoms. The third-order valence-corrected chi connectivity index (χ3v) is 6.62. The van der Waals surface area contributed by atoms with Gasteiger partial charge in [-0.1, -0.05) is 33.1 Å². The van der Waals surface area contributed by atoms with Crippen molar-refractivity contribution in [3.63, 3.8) is 0 Å². The molecule has 2 N–H and O–H groups in total. The molecule has 1 aliphatic heterocycles. The van der Waals surface area contributed by atoms with Crippen LogP contribution in [0.15, 0.2) is 0 Å². The third kappa shape index (κ3) is 4.71. The molecule has 2 aliphatic rings. The summed E-state index contributed by atoms with van der Waals surface area (Å²) < 4.78 is 27.5. The molecule has 0 spiro atoms. The molecule has 1 heterocycles. The smallest absolute Gasteiger partial charge is 0.211 e. The highest BCUT2D eigenvalue weighted by atomic mass is 32.2.